The molecule has 0 radical (unpaired) electrons. The first-order valence-corrected chi connectivity index (χ1v) is 6.73. The van der Waals surface area contributed by atoms with Crippen molar-refractivity contribution in [2.24, 2.45) is 0 Å². The largest absolute Gasteiger partial charge is 0.356 e. The predicted molar refractivity (Wildman–Crippen MR) is 75.8 cm³/mol. The number of hydrogen-bond acceptors (Lipinski definition) is 4. The zero-order valence-electron chi connectivity index (χ0n) is 11.3. The summed E-state index contributed by atoms with van der Waals surface area (Å²) in [6.45, 7) is 4.31. The molecule has 1 aliphatic heterocycles. The van der Waals surface area contributed by atoms with Crippen molar-refractivity contribution in [3.05, 3.63) is 24.0 Å². The van der Waals surface area contributed by atoms with E-state index in [0.717, 1.165) is 31.0 Å². The first-order chi connectivity index (χ1) is 9.25. The lowest BCUT2D eigenvalue weighted by Crippen LogP contribution is -2.20. The van der Waals surface area contributed by atoms with Crippen molar-refractivity contribution in [3.8, 4) is 0 Å². The summed E-state index contributed by atoms with van der Waals surface area (Å²) in [7, 11) is 0. The number of rotatable bonds is 5. The van der Waals surface area contributed by atoms with Gasteiger partial charge in [0.25, 0.3) is 0 Å². The third kappa shape index (κ3) is 4.35. The van der Waals surface area contributed by atoms with Gasteiger partial charge >= 0.3 is 0 Å². The molecule has 0 spiro atoms. The van der Waals surface area contributed by atoms with E-state index in [1.165, 1.54) is 19.8 Å². The van der Waals surface area contributed by atoms with Gasteiger partial charge in [-0.3, -0.25) is 4.79 Å². The number of amides is 1. The minimum Gasteiger partial charge on any atom is -0.356 e. The molecule has 1 aliphatic rings. The Morgan fingerprint density at radius 3 is 2.68 bits per heavy atom. The van der Waals surface area contributed by atoms with Gasteiger partial charge in [0.15, 0.2) is 0 Å². The Bertz CT molecular complexity index is 435. The monoisotopic (exact) mass is 260 g/mol. The highest BCUT2D eigenvalue weighted by molar-refractivity contribution is 5.72. The normalized spacial score (nSPS) is 15.1. The second-order valence-electron chi connectivity index (χ2n) is 4.68. The molecule has 1 fully saturated rings. The van der Waals surface area contributed by atoms with Crippen molar-refractivity contribution in [1.82, 2.24) is 15.3 Å². The van der Waals surface area contributed by atoms with Gasteiger partial charge in [0.1, 0.15) is 0 Å². The molecule has 0 atom stereocenters. The smallest absolute Gasteiger partial charge is 0.225 e. The fourth-order valence-corrected chi connectivity index (χ4v) is 2.05. The van der Waals surface area contributed by atoms with E-state index in [0.29, 0.717) is 6.54 Å². The van der Waals surface area contributed by atoms with Crippen LogP contribution in [0.2, 0.25) is 0 Å². The van der Waals surface area contributed by atoms with Gasteiger partial charge < -0.3 is 10.2 Å². The lowest BCUT2D eigenvalue weighted by molar-refractivity contribution is -0.118. The maximum atomic E-state index is 10.7. The fraction of sp³-hybridized carbons (Fsp3) is 0.500. The van der Waals surface area contributed by atoms with Crippen molar-refractivity contribution in [2.75, 3.05) is 24.5 Å². The predicted octanol–water partition coefficient (Wildman–Crippen LogP) is 1.62. The summed E-state index contributed by atoms with van der Waals surface area (Å²) in [5.74, 6) is 0.833. The minimum atomic E-state index is 0.00620. The molecule has 0 aliphatic carbocycles. The third-order valence-corrected chi connectivity index (χ3v) is 3.04. The van der Waals surface area contributed by atoms with E-state index in [4.69, 9.17) is 0 Å². The van der Waals surface area contributed by atoms with E-state index >= 15 is 0 Å². The molecule has 1 aromatic heterocycles. The summed E-state index contributed by atoms with van der Waals surface area (Å²) >= 11 is 0. The van der Waals surface area contributed by atoms with Gasteiger partial charge in [-0.25, -0.2) is 9.97 Å². The van der Waals surface area contributed by atoms with Gasteiger partial charge in [-0.2, -0.15) is 0 Å². The number of nitrogens with one attached hydrogen (secondary N) is 1. The summed E-state index contributed by atoms with van der Waals surface area (Å²) in [6, 6.07) is 0. The Labute approximate surface area is 113 Å². The van der Waals surface area contributed by atoms with E-state index in [1.54, 1.807) is 0 Å². The van der Waals surface area contributed by atoms with Crippen molar-refractivity contribution < 1.29 is 4.79 Å². The van der Waals surface area contributed by atoms with Crippen LogP contribution in [-0.2, 0) is 4.79 Å². The summed E-state index contributed by atoms with van der Waals surface area (Å²) < 4.78 is 0. The van der Waals surface area contributed by atoms with Crippen LogP contribution in [0, 0.1) is 0 Å². The summed E-state index contributed by atoms with van der Waals surface area (Å²) in [6.07, 6.45) is 11.0. The topological polar surface area (TPSA) is 58.1 Å². The molecule has 1 N–H and O–H groups in total. The molecule has 102 valence electrons. The van der Waals surface area contributed by atoms with Crippen LogP contribution in [0.5, 0.6) is 0 Å². The summed E-state index contributed by atoms with van der Waals surface area (Å²) in [5, 5.41) is 2.75. The van der Waals surface area contributed by atoms with Crippen LogP contribution >= 0.6 is 0 Å². The molecule has 2 heterocycles. The van der Waals surface area contributed by atoms with Crippen molar-refractivity contribution in [2.45, 2.75) is 26.2 Å². The van der Waals surface area contributed by atoms with Crippen LogP contribution in [0.3, 0.4) is 0 Å². The van der Waals surface area contributed by atoms with Crippen LogP contribution in [0.15, 0.2) is 18.5 Å². The molecular weight excluding hydrogens is 240 g/mol. The molecule has 2 rings (SSSR count). The van der Waals surface area contributed by atoms with Crippen molar-refractivity contribution in [3.63, 3.8) is 0 Å². The first kappa shape index (κ1) is 13.5. The number of carbonyl (C=O) groups is 1. The van der Waals surface area contributed by atoms with Crippen molar-refractivity contribution >= 4 is 17.9 Å². The SMILES string of the molecule is CC(=O)NCCC=Cc1cnc(N2CCCC2)nc1. The summed E-state index contributed by atoms with van der Waals surface area (Å²) in [5.41, 5.74) is 0.991. The highest BCUT2D eigenvalue weighted by Gasteiger charge is 2.13. The van der Waals surface area contributed by atoms with Gasteiger partial charge in [-0.05, 0) is 19.3 Å². The quantitative estimate of drug-likeness (QED) is 0.817. The number of anilines is 1. The zero-order chi connectivity index (χ0) is 13.5. The molecular formula is C14H20N4O. The zero-order valence-corrected chi connectivity index (χ0v) is 11.3. The summed E-state index contributed by atoms with van der Waals surface area (Å²) in [4.78, 5) is 21.7. The lowest BCUT2D eigenvalue weighted by atomic mass is 10.3. The minimum absolute atomic E-state index is 0.00620. The lowest BCUT2D eigenvalue weighted by Gasteiger charge is -2.14. The number of hydrogen-bond donors (Lipinski definition) is 1. The fourth-order valence-electron chi connectivity index (χ4n) is 2.05. The van der Waals surface area contributed by atoms with Gasteiger partial charge in [-0.15, -0.1) is 0 Å². The van der Waals surface area contributed by atoms with Crippen molar-refractivity contribution in [1.29, 1.82) is 0 Å². The number of nitrogens with zero attached hydrogens (tertiary/aromatic N) is 3. The second kappa shape index (κ2) is 6.87. The molecule has 5 heteroatoms. The number of carbonyl (C=O) groups excluding carboxylic acids is 1. The van der Waals surface area contributed by atoms with Crippen LogP contribution in [0.4, 0.5) is 5.95 Å². The van der Waals surface area contributed by atoms with E-state index in [-0.39, 0.29) is 5.91 Å². The van der Waals surface area contributed by atoms with Gasteiger partial charge in [0, 0.05) is 44.5 Å². The molecule has 0 saturated carbocycles. The van der Waals surface area contributed by atoms with Crippen LogP contribution in [0.1, 0.15) is 31.7 Å². The molecule has 1 aromatic rings. The maximum absolute atomic E-state index is 10.7. The Kier molecular flexibility index (Phi) is 4.89. The second-order valence-corrected chi connectivity index (χ2v) is 4.68. The Balaban J connectivity index is 1.81. The van der Waals surface area contributed by atoms with E-state index in [2.05, 4.69) is 20.2 Å². The van der Waals surface area contributed by atoms with E-state index in [9.17, 15) is 4.79 Å². The Hall–Kier alpha value is -1.91. The highest BCUT2D eigenvalue weighted by Crippen LogP contribution is 2.15. The Morgan fingerprint density at radius 2 is 2.05 bits per heavy atom. The van der Waals surface area contributed by atoms with E-state index in [1.807, 2.05) is 24.5 Å². The standard InChI is InChI=1S/C14H20N4O/c1-12(19)15-7-3-2-6-13-10-16-14(17-11-13)18-8-4-5-9-18/h2,6,10-11H,3-5,7-9H2,1H3,(H,15,19). The van der Waals surface area contributed by atoms with Gasteiger partial charge in [0.05, 0.1) is 0 Å². The average molecular weight is 260 g/mol. The van der Waals surface area contributed by atoms with Crippen LogP contribution in [-0.4, -0.2) is 35.5 Å². The Morgan fingerprint density at radius 1 is 1.37 bits per heavy atom. The highest BCUT2D eigenvalue weighted by atomic mass is 16.1. The maximum Gasteiger partial charge on any atom is 0.225 e. The molecule has 19 heavy (non-hydrogen) atoms. The molecule has 0 bridgehead atoms. The molecule has 0 unspecified atom stereocenters. The molecule has 0 aromatic carbocycles. The van der Waals surface area contributed by atoms with E-state index < -0.39 is 0 Å². The van der Waals surface area contributed by atoms with Gasteiger partial charge in [-0.1, -0.05) is 12.2 Å². The molecule has 1 amide bonds. The molecule has 5 nitrogen and oxygen atoms in total. The first-order valence-electron chi connectivity index (χ1n) is 6.73. The van der Waals surface area contributed by atoms with Crippen LogP contribution in [0.25, 0.3) is 6.08 Å². The van der Waals surface area contributed by atoms with Crippen LogP contribution < -0.4 is 10.2 Å². The average Bonchev–Trinajstić information content (AvgIpc) is 2.93. The number of aromatic nitrogens is 2. The molecule has 1 saturated heterocycles. The van der Waals surface area contributed by atoms with Gasteiger partial charge in [0.2, 0.25) is 11.9 Å². The third-order valence-electron chi connectivity index (χ3n) is 3.04.